The minimum Gasteiger partial charge on any atom is -0.373 e. The molecule has 0 saturated heterocycles. The first-order valence-corrected chi connectivity index (χ1v) is 8.97. The van der Waals surface area contributed by atoms with Gasteiger partial charge in [-0.15, -0.1) is 0 Å². The molecule has 0 fully saturated rings. The Morgan fingerprint density at radius 2 is 1.10 bits per heavy atom. The number of hydrogen-bond acceptors (Lipinski definition) is 3. The van der Waals surface area contributed by atoms with Gasteiger partial charge in [-0.05, 0) is 45.9 Å². The van der Waals surface area contributed by atoms with E-state index in [9.17, 15) is 0 Å². The van der Waals surface area contributed by atoms with Gasteiger partial charge < -0.3 is 13.3 Å². The molecular formula is C15H17IO3Si. The van der Waals surface area contributed by atoms with Gasteiger partial charge in [0.15, 0.2) is 0 Å². The van der Waals surface area contributed by atoms with Crippen molar-refractivity contribution in [3.8, 4) is 11.1 Å². The molecule has 0 N–H and O–H groups in total. The lowest BCUT2D eigenvalue weighted by molar-refractivity contribution is 0.140. The molecule has 0 aliphatic carbocycles. The molecule has 0 radical (unpaired) electrons. The molecule has 3 nitrogen and oxygen atoms in total. The Balaban J connectivity index is 2.32. The lowest BCUT2D eigenvalue weighted by atomic mass is 10.1. The van der Waals surface area contributed by atoms with Crippen LogP contribution in [0.1, 0.15) is 0 Å². The van der Waals surface area contributed by atoms with Crippen molar-refractivity contribution in [3.63, 3.8) is 0 Å². The smallest absolute Gasteiger partial charge is 0.373 e. The molecule has 0 aromatic heterocycles. The molecule has 20 heavy (non-hydrogen) atoms. The van der Waals surface area contributed by atoms with Crippen LogP contribution in [-0.4, -0.2) is 30.1 Å². The molecule has 0 atom stereocenters. The number of hydrogen-bond donors (Lipinski definition) is 0. The number of rotatable bonds is 5. The lowest BCUT2D eigenvalue weighted by Gasteiger charge is -2.24. The molecular weight excluding hydrogens is 383 g/mol. The molecule has 2 rings (SSSR count). The van der Waals surface area contributed by atoms with E-state index in [2.05, 4.69) is 59.0 Å². The highest BCUT2D eigenvalue weighted by Crippen LogP contribution is 2.20. The second-order valence-corrected chi connectivity index (χ2v) is 8.41. The number of halogens is 1. The van der Waals surface area contributed by atoms with Gasteiger partial charge in [0, 0.05) is 30.1 Å². The van der Waals surface area contributed by atoms with E-state index in [1.54, 1.807) is 21.3 Å². The van der Waals surface area contributed by atoms with Gasteiger partial charge in [-0.1, -0.05) is 36.4 Å². The molecule has 0 saturated carbocycles. The van der Waals surface area contributed by atoms with E-state index >= 15 is 0 Å². The van der Waals surface area contributed by atoms with Crippen molar-refractivity contribution in [2.24, 2.45) is 0 Å². The zero-order chi connectivity index (χ0) is 14.6. The summed E-state index contributed by atoms with van der Waals surface area (Å²) in [6, 6.07) is 16.6. The minimum atomic E-state index is -2.73. The molecule has 0 heterocycles. The van der Waals surface area contributed by atoms with Crippen LogP contribution >= 0.6 is 22.6 Å². The van der Waals surface area contributed by atoms with E-state index in [0.717, 1.165) is 10.8 Å². The monoisotopic (exact) mass is 400 g/mol. The summed E-state index contributed by atoms with van der Waals surface area (Å²) in [5.41, 5.74) is 2.35. The third-order valence-corrected chi connectivity index (χ3v) is 6.59. The van der Waals surface area contributed by atoms with Crippen molar-refractivity contribution >= 4 is 36.6 Å². The Bertz CT molecular complexity index is 542. The highest BCUT2D eigenvalue weighted by molar-refractivity contribution is 14.1. The normalized spacial score (nSPS) is 11.6. The Hall–Kier alpha value is -0.733. The summed E-state index contributed by atoms with van der Waals surface area (Å²) in [7, 11) is 2.12. The molecule has 0 aliphatic rings. The first-order chi connectivity index (χ1) is 9.65. The molecule has 0 aliphatic heterocycles. The SMILES string of the molecule is CO[Si](OC)(OC)c1ccc(-c2ccc(I)cc2)cc1. The minimum absolute atomic E-state index is 0.958. The van der Waals surface area contributed by atoms with Crippen LogP contribution in [0.15, 0.2) is 48.5 Å². The van der Waals surface area contributed by atoms with E-state index in [4.69, 9.17) is 13.3 Å². The van der Waals surface area contributed by atoms with E-state index < -0.39 is 8.80 Å². The second kappa shape index (κ2) is 6.82. The summed E-state index contributed by atoms with van der Waals surface area (Å²) in [4.78, 5) is 0. The van der Waals surface area contributed by atoms with E-state index in [0.29, 0.717) is 0 Å². The molecule has 2 aromatic rings. The van der Waals surface area contributed by atoms with E-state index in [-0.39, 0.29) is 0 Å². The summed E-state index contributed by atoms with van der Waals surface area (Å²) in [5, 5.41) is 0.958. The van der Waals surface area contributed by atoms with Gasteiger partial charge in [0.2, 0.25) is 0 Å². The van der Waals surface area contributed by atoms with Gasteiger partial charge in [-0.2, -0.15) is 0 Å². The fraction of sp³-hybridized carbons (Fsp3) is 0.200. The Morgan fingerprint density at radius 1 is 0.700 bits per heavy atom. The third-order valence-electron chi connectivity index (χ3n) is 3.22. The Kier molecular flexibility index (Phi) is 5.33. The summed E-state index contributed by atoms with van der Waals surface area (Å²) >= 11 is 2.30. The maximum absolute atomic E-state index is 5.48. The first kappa shape index (κ1) is 15.7. The Labute approximate surface area is 134 Å². The maximum atomic E-state index is 5.48. The van der Waals surface area contributed by atoms with E-state index in [1.165, 1.54) is 9.13 Å². The van der Waals surface area contributed by atoms with Gasteiger partial charge in [-0.3, -0.25) is 0 Å². The highest BCUT2D eigenvalue weighted by atomic mass is 127. The van der Waals surface area contributed by atoms with Crippen molar-refractivity contribution < 1.29 is 13.3 Å². The van der Waals surface area contributed by atoms with Crippen LogP contribution in [0.3, 0.4) is 0 Å². The molecule has 5 heteroatoms. The predicted molar refractivity (Wildman–Crippen MR) is 91.0 cm³/mol. The summed E-state index contributed by atoms with van der Waals surface area (Å²) in [6.07, 6.45) is 0. The van der Waals surface area contributed by atoms with Crippen LogP contribution in [0.5, 0.6) is 0 Å². The molecule has 0 unspecified atom stereocenters. The van der Waals surface area contributed by atoms with Crippen LogP contribution < -0.4 is 5.19 Å². The molecule has 0 spiro atoms. The Morgan fingerprint density at radius 3 is 1.50 bits per heavy atom. The fourth-order valence-electron chi connectivity index (χ4n) is 2.11. The zero-order valence-corrected chi connectivity index (χ0v) is 14.9. The molecule has 2 aromatic carbocycles. The molecule has 0 bridgehead atoms. The second-order valence-electron chi connectivity index (χ2n) is 4.25. The average Bonchev–Trinajstić information content (AvgIpc) is 2.51. The van der Waals surface area contributed by atoms with Crippen molar-refractivity contribution in [3.05, 3.63) is 52.1 Å². The van der Waals surface area contributed by atoms with Gasteiger partial charge >= 0.3 is 8.80 Å². The summed E-state index contributed by atoms with van der Waals surface area (Å²) in [5.74, 6) is 0. The molecule has 0 amide bonds. The maximum Gasteiger partial charge on any atom is 0.536 e. The topological polar surface area (TPSA) is 27.7 Å². The highest BCUT2D eigenvalue weighted by Gasteiger charge is 2.40. The van der Waals surface area contributed by atoms with Gasteiger partial charge in [0.1, 0.15) is 0 Å². The summed E-state index contributed by atoms with van der Waals surface area (Å²) < 4.78 is 17.7. The van der Waals surface area contributed by atoms with Gasteiger partial charge in [-0.25, -0.2) is 0 Å². The van der Waals surface area contributed by atoms with Crippen molar-refractivity contribution in [1.82, 2.24) is 0 Å². The van der Waals surface area contributed by atoms with Crippen LogP contribution in [0.25, 0.3) is 11.1 Å². The van der Waals surface area contributed by atoms with Crippen LogP contribution in [0.4, 0.5) is 0 Å². The zero-order valence-electron chi connectivity index (χ0n) is 11.7. The lowest BCUT2D eigenvalue weighted by Crippen LogP contribution is -2.54. The largest absolute Gasteiger partial charge is 0.536 e. The standard InChI is InChI=1S/C15H17IO3Si/c1-17-20(18-2,19-3)15-10-6-13(7-11-15)12-4-8-14(16)9-5-12/h4-11H,1-3H3. The summed E-state index contributed by atoms with van der Waals surface area (Å²) in [6.45, 7) is 0. The van der Waals surface area contributed by atoms with Crippen molar-refractivity contribution in [1.29, 1.82) is 0 Å². The van der Waals surface area contributed by atoms with Gasteiger partial charge in [0.05, 0.1) is 0 Å². The third kappa shape index (κ3) is 3.12. The van der Waals surface area contributed by atoms with Crippen molar-refractivity contribution in [2.45, 2.75) is 0 Å². The number of benzene rings is 2. The average molecular weight is 400 g/mol. The van der Waals surface area contributed by atoms with Crippen LogP contribution in [0, 0.1) is 3.57 Å². The fourth-order valence-corrected chi connectivity index (χ4v) is 4.25. The van der Waals surface area contributed by atoms with Crippen molar-refractivity contribution in [2.75, 3.05) is 21.3 Å². The van der Waals surface area contributed by atoms with Gasteiger partial charge in [0.25, 0.3) is 0 Å². The first-order valence-electron chi connectivity index (χ1n) is 6.17. The predicted octanol–water partition coefficient (Wildman–Crippen LogP) is 3.04. The van der Waals surface area contributed by atoms with Crippen LogP contribution in [-0.2, 0) is 13.3 Å². The van der Waals surface area contributed by atoms with E-state index in [1.807, 2.05) is 12.1 Å². The molecule has 106 valence electrons. The van der Waals surface area contributed by atoms with Crippen LogP contribution in [0.2, 0.25) is 0 Å². The quantitative estimate of drug-likeness (QED) is 0.571.